The van der Waals surface area contributed by atoms with Gasteiger partial charge >= 0.3 is 0 Å². The molecule has 112 valence electrons. The molecule has 0 spiro atoms. The third-order valence-corrected chi connectivity index (χ3v) is 2.32. The first-order valence-electron chi connectivity index (χ1n) is 7.08. The van der Waals surface area contributed by atoms with Gasteiger partial charge in [-0.1, -0.05) is 33.8 Å². The number of rotatable bonds is 5. The third kappa shape index (κ3) is 9.45. The number of aliphatic imine (C=N–C) groups is 1. The molecule has 0 aromatic rings. The van der Waals surface area contributed by atoms with Crippen LogP contribution < -0.4 is 5.32 Å². The van der Waals surface area contributed by atoms with Crippen molar-refractivity contribution in [1.29, 1.82) is 0 Å². The second-order valence-electron chi connectivity index (χ2n) is 4.09. The van der Waals surface area contributed by atoms with Crippen LogP contribution in [0.25, 0.3) is 0 Å². The molecule has 1 rings (SSSR count). The van der Waals surface area contributed by atoms with Crippen molar-refractivity contribution >= 4 is 6.21 Å². The molecule has 0 aromatic heterocycles. The van der Waals surface area contributed by atoms with E-state index in [4.69, 9.17) is 4.74 Å². The Morgan fingerprint density at radius 3 is 2.32 bits per heavy atom. The van der Waals surface area contributed by atoms with Crippen molar-refractivity contribution in [2.75, 3.05) is 34.4 Å². The van der Waals surface area contributed by atoms with E-state index in [9.17, 15) is 0 Å². The predicted molar refractivity (Wildman–Crippen MR) is 85.2 cm³/mol. The van der Waals surface area contributed by atoms with Crippen molar-refractivity contribution in [2.45, 2.75) is 34.0 Å². The Kier molecular flexibility index (Phi) is 14.1. The highest BCUT2D eigenvalue weighted by Gasteiger charge is 2.25. The zero-order valence-electron chi connectivity index (χ0n) is 13.7. The highest BCUT2D eigenvalue weighted by molar-refractivity contribution is 5.71. The first-order valence-corrected chi connectivity index (χ1v) is 7.08. The zero-order chi connectivity index (χ0) is 15.1. The number of likely N-dealkylation sites (N-methyl/N-ethyl adjacent to an activating group) is 1. The van der Waals surface area contributed by atoms with E-state index in [1.165, 1.54) is 0 Å². The van der Waals surface area contributed by atoms with Gasteiger partial charge in [0.25, 0.3) is 6.29 Å². The molecule has 1 N–H and O–H groups in total. The molecule has 0 bridgehead atoms. The minimum absolute atomic E-state index is 0.0993. The van der Waals surface area contributed by atoms with Gasteiger partial charge in [-0.2, -0.15) is 0 Å². The van der Waals surface area contributed by atoms with Gasteiger partial charge in [0.2, 0.25) is 0 Å². The lowest BCUT2D eigenvalue weighted by Crippen LogP contribution is -2.54. The number of quaternary nitrogens is 1. The van der Waals surface area contributed by atoms with Crippen LogP contribution in [0.4, 0.5) is 0 Å². The Morgan fingerprint density at radius 2 is 1.84 bits per heavy atom. The highest BCUT2D eigenvalue weighted by atomic mass is 16.5. The molecule has 0 aromatic carbocycles. The molecule has 0 saturated heterocycles. The number of hydrogen-bond donors (Lipinski definition) is 1. The molecule has 0 saturated carbocycles. The van der Waals surface area contributed by atoms with Crippen molar-refractivity contribution in [3.8, 4) is 0 Å². The van der Waals surface area contributed by atoms with Crippen LogP contribution in [0.5, 0.6) is 0 Å². The topological polar surface area (TPSA) is 33.6 Å². The summed E-state index contributed by atoms with van der Waals surface area (Å²) in [5, 5.41) is 3.23. The fourth-order valence-corrected chi connectivity index (χ4v) is 1.35. The summed E-state index contributed by atoms with van der Waals surface area (Å²) < 4.78 is 5.73. The maximum atomic E-state index is 4.95. The van der Waals surface area contributed by atoms with Gasteiger partial charge in [0.15, 0.2) is 0 Å². The number of methoxy groups -OCH3 is 1. The molecule has 0 radical (unpaired) electrons. The van der Waals surface area contributed by atoms with E-state index in [0.717, 1.165) is 11.0 Å². The molecule has 1 aliphatic rings. The summed E-state index contributed by atoms with van der Waals surface area (Å²) in [6, 6.07) is 0. The van der Waals surface area contributed by atoms with Crippen molar-refractivity contribution < 1.29 is 9.22 Å². The van der Waals surface area contributed by atoms with Crippen LogP contribution in [0.1, 0.15) is 27.7 Å². The number of hydrogen-bond acceptors (Lipinski definition) is 3. The van der Waals surface area contributed by atoms with E-state index >= 15 is 0 Å². The van der Waals surface area contributed by atoms with Gasteiger partial charge in [-0.25, -0.2) is 4.99 Å². The number of nitrogens with zero attached hydrogens (tertiary/aromatic N) is 2. The van der Waals surface area contributed by atoms with Crippen LogP contribution in [0, 0.1) is 0 Å². The minimum Gasteiger partial charge on any atom is -0.381 e. The van der Waals surface area contributed by atoms with Gasteiger partial charge in [0.1, 0.15) is 6.54 Å². The second kappa shape index (κ2) is 13.3. The van der Waals surface area contributed by atoms with Crippen molar-refractivity contribution in [3.63, 3.8) is 0 Å². The smallest absolute Gasteiger partial charge is 0.260 e. The van der Waals surface area contributed by atoms with Gasteiger partial charge in [-0.3, -0.25) is 4.48 Å². The van der Waals surface area contributed by atoms with E-state index in [2.05, 4.69) is 30.5 Å². The normalized spacial score (nSPS) is 17.1. The summed E-state index contributed by atoms with van der Waals surface area (Å²) in [5.74, 6) is 0. The third-order valence-electron chi connectivity index (χ3n) is 2.32. The molecule has 1 aliphatic heterocycles. The molecule has 1 unspecified atom stereocenters. The lowest BCUT2D eigenvalue weighted by molar-refractivity contribution is -0.911. The van der Waals surface area contributed by atoms with Gasteiger partial charge in [0.05, 0.1) is 20.7 Å². The van der Waals surface area contributed by atoms with Crippen LogP contribution in [0.2, 0.25) is 0 Å². The molecule has 1 atom stereocenters. The second-order valence-corrected chi connectivity index (χ2v) is 4.09. The van der Waals surface area contributed by atoms with Crippen LogP contribution in [-0.2, 0) is 4.74 Å². The first kappa shape index (κ1) is 20.2. The Morgan fingerprint density at radius 1 is 1.21 bits per heavy atom. The molecule has 4 nitrogen and oxygen atoms in total. The molecule has 0 fully saturated rings. The SMILES string of the molecule is CC.CC.COC/C=C/C[N+](C)(C)C1N=CC=CN1. The van der Waals surface area contributed by atoms with Crippen LogP contribution in [-0.4, -0.2) is 51.3 Å². The number of nitrogens with one attached hydrogen (secondary N) is 1. The lowest BCUT2D eigenvalue weighted by atomic mass is 10.4. The summed E-state index contributed by atoms with van der Waals surface area (Å²) in [4.78, 5) is 4.38. The van der Waals surface area contributed by atoms with Gasteiger partial charge in [0, 0.05) is 19.5 Å². The Labute approximate surface area is 119 Å². The zero-order valence-corrected chi connectivity index (χ0v) is 13.7. The fraction of sp³-hybridized carbons (Fsp3) is 0.667. The van der Waals surface area contributed by atoms with E-state index < -0.39 is 0 Å². The van der Waals surface area contributed by atoms with Crippen molar-refractivity contribution in [2.24, 2.45) is 4.99 Å². The molecule has 0 amide bonds. The summed E-state index contributed by atoms with van der Waals surface area (Å²) >= 11 is 0. The molecular formula is C15H32N3O+. The molecule has 19 heavy (non-hydrogen) atoms. The summed E-state index contributed by atoms with van der Waals surface area (Å²) in [6.45, 7) is 9.59. The molecule has 4 heteroatoms. The van der Waals surface area contributed by atoms with Crippen LogP contribution in [0.15, 0.2) is 29.4 Å². The van der Waals surface area contributed by atoms with Crippen molar-refractivity contribution in [3.05, 3.63) is 24.4 Å². The summed E-state index contributed by atoms with van der Waals surface area (Å²) in [5.41, 5.74) is 0. The average Bonchev–Trinajstić information content (AvgIpc) is 2.49. The first-order chi connectivity index (χ1) is 9.17. The maximum Gasteiger partial charge on any atom is 0.260 e. The summed E-state index contributed by atoms with van der Waals surface area (Å²) in [7, 11) is 5.98. The number of allylic oxidation sites excluding steroid dienone is 1. The van der Waals surface area contributed by atoms with E-state index in [0.29, 0.717) is 6.61 Å². The largest absolute Gasteiger partial charge is 0.381 e. The van der Waals surface area contributed by atoms with E-state index in [1.54, 1.807) is 7.11 Å². The maximum absolute atomic E-state index is 4.95. The monoisotopic (exact) mass is 270 g/mol. The fourth-order valence-electron chi connectivity index (χ4n) is 1.35. The van der Waals surface area contributed by atoms with Gasteiger partial charge < -0.3 is 10.1 Å². The Bertz CT molecular complexity index is 271. The highest BCUT2D eigenvalue weighted by Crippen LogP contribution is 2.07. The van der Waals surface area contributed by atoms with Crippen molar-refractivity contribution in [1.82, 2.24) is 5.32 Å². The van der Waals surface area contributed by atoms with Gasteiger partial charge in [-0.15, -0.1) is 0 Å². The Balaban J connectivity index is 0. The molecule has 0 aliphatic carbocycles. The minimum atomic E-state index is 0.0993. The quantitative estimate of drug-likeness (QED) is 0.615. The molecule has 1 heterocycles. The summed E-state index contributed by atoms with van der Waals surface area (Å²) in [6.07, 6.45) is 9.91. The lowest BCUT2D eigenvalue weighted by Gasteiger charge is -2.35. The standard InChI is InChI=1S/C11H20N3O.2C2H6/c1-14(2,9-4-5-10-15-3)11-12-7-6-8-13-11;2*1-2/h4-8,11-12H,9-10H2,1-3H3;2*1-2H3/q+1;;/b5-4+;;. The molecular weight excluding hydrogens is 238 g/mol. The van der Waals surface area contributed by atoms with Gasteiger partial charge in [-0.05, 0) is 12.2 Å². The number of ether oxygens (including phenoxy) is 1. The average molecular weight is 270 g/mol. The van der Waals surface area contributed by atoms with Crippen LogP contribution in [0.3, 0.4) is 0 Å². The van der Waals surface area contributed by atoms with Crippen LogP contribution >= 0.6 is 0 Å². The predicted octanol–water partition coefficient (Wildman–Crippen LogP) is 2.79. The Hall–Kier alpha value is -1.13. The van der Waals surface area contributed by atoms with E-state index in [1.807, 2.05) is 52.3 Å². The van der Waals surface area contributed by atoms with E-state index in [-0.39, 0.29) is 6.29 Å².